The maximum absolute atomic E-state index is 5.54. The number of hydrogen-bond acceptors (Lipinski definition) is 5. The van der Waals surface area contributed by atoms with Crippen LogP contribution in [0.5, 0.6) is 10.9 Å². The average molecular weight is 207 g/mol. The number of ether oxygens (including phenoxy) is 1. The third-order valence-corrected chi connectivity index (χ3v) is 2.28. The summed E-state index contributed by atoms with van der Waals surface area (Å²) >= 11 is 1.23. The second-order valence-electron chi connectivity index (χ2n) is 2.78. The van der Waals surface area contributed by atoms with Crippen molar-refractivity contribution in [2.24, 2.45) is 0 Å². The van der Waals surface area contributed by atoms with E-state index in [-0.39, 0.29) is 0 Å². The molecule has 1 heterocycles. The van der Waals surface area contributed by atoms with Crippen molar-refractivity contribution in [2.75, 3.05) is 5.73 Å². The molecule has 0 spiro atoms. The van der Waals surface area contributed by atoms with Gasteiger partial charge in [0.2, 0.25) is 0 Å². The van der Waals surface area contributed by atoms with E-state index in [1.54, 1.807) is 24.3 Å². The smallest absolute Gasteiger partial charge is 0.298 e. The van der Waals surface area contributed by atoms with E-state index in [1.807, 2.05) is 6.92 Å². The number of nitrogen functional groups attached to an aromatic ring is 1. The molecule has 72 valence electrons. The van der Waals surface area contributed by atoms with Crippen LogP contribution in [0.25, 0.3) is 0 Å². The van der Waals surface area contributed by atoms with Crippen molar-refractivity contribution in [1.82, 2.24) is 9.36 Å². The molecule has 0 radical (unpaired) electrons. The summed E-state index contributed by atoms with van der Waals surface area (Å²) in [6.45, 7) is 1.83. The van der Waals surface area contributed by atoms with E-state index in [0.29, 0.717) is 10.9 Å². The quantitative estimate of drug-likeness (QED) is 0.767. The third kappa shape index (κ3) is 2.00. The van der Waals surface area contributed by atoms with Crippen LogP contribution in [0.4, 0.5) is 5.69 Å². The first-order valence-electron chi connectivity index (χ1n) is 4.08. The minimum atomic E-state index is 0.548. The first kappa shape index (κ1) is 8.96. The highest BCUT2D eigenvalue weighted by atomic mass is 32.1. The molecule has 5 heteroatoms. The number of aromatic nitrogens is 2. The molecule has 0 aliphatic rings. The van der Waals surface area contributed by atoms with E-state index >= 15 is 0 Å². The summed E-state index contributed by atoms with van der Waals surface area (Å²) in [5, 5.41) is 0.548. The minimum Gasteiger partial charge on any atom is -0.430 e. The molecule has 0 atom stereocenters. The van der Waals surface area contributed by atoms with Crippen LogP contribution in [0.1, 0.15) is 5.82 Å². The number of benzene rings is 1. The average Bonchev–Trinajstić information content (AvgIpc) is 2.56. The highest BCUT2D eigenvalue weighted by Gasteiger charge is 2.02. The predicted octanol–water partition coefficient (Wildman–Crippen LogP) is 2.22. The first-order valence-corrected chi connectivity index (χ1v) is 4.85. The van der Waals surface area contributed by atoms with Crippen molar-refractivity contribution in [2.45, 2.75) is 6.92 Å². The third-order valence-electron chi connectivity index (χ3n) is 1.59. The Morgan fingerprint density at radius 3 is 2.57 bits per heavy atom. The van der Waals surface area contributed by atoms with Gasteiger partial charge in [0.1, 0.15) is 11.6 Å². The molecule has 2 N–H and O–H groups in total. The van der Waals surface area contributed by atoms with Crippen molar-refractivity contribution in [3.8, 4) is 10.9 Å². The maximum Gasteiger partial charge on any atom is 0.298 e. The molecule has 14 heavy (non-hydrogen) atoms. The lowest BCUT2D eigenvalue weighted by atomic mass is 10.3. The van der Waals surface area contributed by atoms with Gasteiger partial charge in [-0.2, -0.15) is 9.36 Å². The topological polar surface area (TPSA) is 61.0 Å². The Bertz CT molecular complexity index is 424. The first-order chi connectivity index (χ1) is 6.74. The van der Waals surface area contributed by atoms with Crippen LogP contribution in [0.2, 0.25) is 0 Å². The number of nitrogens with two attached hydrogens (primary N) is 1. The summed E-state index contributed by atoms with van der Waals surface area (Å²) in [7, 11) is 0. The standard InChI is InChI=1S/C9H9N3OS/c1-6-11-9(14-12-6)13-8-4-2-7(10)3-5-8/h2-5H,10H2,1H3. The molecule has 0 bridgehead atoms. The second kappa shape index (κ2) is 3.63. The van der Waals surface area contributed by atoms with Gasteiger partial charge >= 0.3 is 0 Å². The van der Waals surface area contributed by atoms with Crippen LogP contribution < -0.4 is 10.5 Å². The van der Waals surface area contributed by atoms with Gasteiger partial charge in [0.05, 0.1) is 0 Å². The van der Waals surface area contributed by atoms with Crippen molar-refractivity contribution in [3.05, 3.63) is 30.1 Å². The monoisotopic (exact) mass is 207 g/mol. The van der Waals surface area contributed by atoms with Crippen LogP contribution in [-0.4, -0.2) is 9.36 Å². The van der Waals surface area contributed by atoms with Crippen LogP contribution in [0, 0.1) is 6.92 Å². The Kier molecular flexibility index (Phi) is 2.32. The molecular weight excluding hydrogens is 198 g/mol. The lowest BCUT2D eigenvalue weighted by molar-refractivity contribution is 0.478. The SMILES string of the molecule is Cc1nsc(Oc2ccc(N)cc2)n1. The molecule has 1 aromatic heterocycles. The van der Waals surface area contributed by atoms with Gasteiger partial charge in [0.25, 0.3) is 5.19 Å². The number of hydrogen-bond donors (Lipinski definition) is 1. The molecule has 2 rings (SSSR count). The molecule has 1 aromatic carbocycles. The van der Waals surface area contributed by atoms with Gasteiger partial charge < -0.3 is 10.5 Å². The predicted molar refractivity (Wildman–Crippen MR) is 55.6 cm³/mol. The number of nitrogens with zero attached hydrogens (tertiary/aromatic N) is 2. The zero-order valence-electron chi connectivity index (χ0n) is 7.60. The zero-order chi connectivity index (χ0) is 9.97. The molecule has 0 amide bonds. The maximum atomic E-state index is 5.54. The summed E-state index contributed by atoms with van der Waals surface area (Å²) in [4.78, 5) is 4.08. The van der Waals surface area contributed by atoms with Gasteiger partial charge in [-0.3, -0.25) is 0 Å². The van der Waals surface area contributed by atoms with E-state index in [9.17, 15) is 0 Å². The fourth-order valence-corrected chi connectivity index (χ4v) is 1.51. The molecule has 0 fully saturated rings. The van der Waals surface area contributed by atoms with Crippen LogP contribution in [-0.2, 0) is 0 Å². The van der Waals surface area contributed by atoms with E-state index in [1.165, 1.54) is 11.5 Å². The molecule has 0 aliphatic carbocycles. The second-order valence-corrected chi connectivity index (χ2v) is 3.49. The summed E-state index contributed by atoms with van der Waals surface area (Å²) in [5.41, 5.74) is 6.26. The highest BCUT2D eigenvalue weighted by Crippen LogP contribution is 2.23. The Labute approximate surface area is 85.5 Å². The summed E-state index contributed by atoms with van der Waals surface area (Å²) in [6, 6.07) is 7.16. The molecule has 0 unspecified atom stereocenters. The fourth-order valence-electron chi connectivity index (χ4n) is 0.956. The van der Waals surface area contributed by atoms with Gasteiger partial charge in [-0.1, -0.05) is 0 Å². The fraction of sp³-hybridized carbons (Fsp3) is 0.111. The Morgan fingerprint density at radius 1 is 1.29 bits per heavy atom. The molecule has 2 aromatic rings. The van der Waals surface area contributed by atoms with Gasteiger partial charge in [-0.25, -0.2) is 0 Å². The Hall–Kier alpha value is -1.62. The van der Waals surface area contributed by atoms with Crippen LogP contribution in [0.3, 0.4) is 0 Å². The van der Waals surface area contributed by atoms with Gasteiger partial charge in [0.15, 0.2) is 0 Å². The number of rotatable bonds is 2. The normalized spacial score (nSPS) is 10.1. The summed E-state index contributed by atoms with van der Waals surface area (Å²) in [6.07, 6.45) is 0. The number of anilines is 1. The molecule has 0 saturated heterocycles. The van der Waals surface area contributed by atoms with Crippen molar-refractivity contribution >= 4 is 17.2 Å². The zero-order valence-corrected chi connectivity index (χ0v) is 8.41. The summed E-state index contributed by atoms with van der Waals surface area (Å²) < 4.78 is 9.45. The van der Waals surface area contributed by atoms with Crippen LogP contribution >= 0.6 is 11.5 Å². The van der Waals surface area contributed by atoms with Gasteiger partial charge in [-0.15, -0.1) is 0 Å². The van der Waals surface area contributed by atoms with E-state index in [4.69, 9.17) is 10.5 Å². The molecule has 0 aliphatic heterocycles. The van der Waals surface area contributed by atoms with E-state index < -0.39 is 0 Å². The van der Waals surface area contributed by atoms with E-state index in [0.717, 1.165) is 11.6 Å². The Balaban J connectivity index is 2.15. The molecular formula is C9H9N3OS. The van der Waals surface area contributed by atoms with Crippen molar-refractivity contribution in [1.29, 1.82) is 0 Å². The van der Waals surface area contributed by atoms with Gasteiger partial charge in [0, 0.05) is 17.2 Å². The lowest BCUT2D eigenvalue weighted by Crippen LogP contribution is -1.86. The number of aryl methyl sites for hydroxylation is 1. The molecule has 4 nitrogen and oxygen atoms in total. The molecule has 0 saturated carbocycles. The Morgan fingerprint density at radius 2 is 2.00 bits per heavy atom. The van der Waals surface area contributed by atoms with Crippen molar-refractivity contribution < 1.29 is 4.74 Å². The van der Waals surface area contributed by atoms with Gasteiger partial charge in [-0.05, 0) is 31.2 Å². The minimum absolute atomic E-state index is 0.548. The highest BCUT2D eigenvalue weighted by molar-refractivity contribution is 7.07. The lowest BCUT2D eigenvalue weighted by Gasteiger charge is -2.00. The van der Waals surface area contributed by atoms with Crippen LogP contribution in [0.15, 0.2) is 24.3 Å². The van der Waals surface area contributed by atoms with E-state index in [2.05, 4.69) is 9.36 Å². The summed E-state index contributed by atoms with van der Waals surface area (Å²) in [5.74, 6) is 1.44. The van der Waals surface area contributed by atoms with Crippen molar-refractivity contribution in [3.63, 3.8) is 0 Å². The largest absolute Gasteiger partial charge is 0.430 e.